The van der Waals surface area contributed by atoms with E-state index in [4.69, 9.17) is 21.6 Å². The maximum absolute atomic E-state index is 13.2. The summed E-state index contributed by atoms with van der Waals surface area (Å²) in [7, 11) is 0. The number of rotatable bonds is 1. The molecule has 24 heavy (non-hydrogen) atoms. The molecule has 0 aliphatic carbocycles. The van der Waals surface area contributed by atoms with Crippen LogP contribution in [0.3, 0.4) is 0 Å². The van der Waals surface area contributed by atoms with Gasteiger partial charge in [-0.15, -0.1) is 0 Å². The van der Waals surface area contributed by atoms with E-state index < -0.39 is 24.4 Å². The number of halogens is 4. The van der Waals surface area contributed by atoms with Gasteiger partial charge in [0.15, 0.2) is 0 Å². The van der Waals surface area contributed by atoms with Gasteiger partial charge in [-0.05, 0) is 31.0 Å². The predicted molar refractivity (Wildman–Crippen MR) is 80.0 cm³/mol. The van der Waals surface area contributed by atoms with E-state index in [0.717, 1.165) is 0 Å². The molecule has 1 aromatic carbocycles. The average molecular weight is 360 g/mol. The van der Waals surface area contributed by atoms with Crippen LogP contribution in [0.5, 0.6) is 0 Å². The smallest absolute Gasteiger partial charge is 0.427 e. The molecular weight excluding hydrogens is 347 g/mol. The Hall–Kier alpha value is -1.98. The van der Waals surface area contributed by atoms with E-state index in [2.05, 4.69) is 4.99 Å². The molecule has 0 bridgehead atoms. The van der Waals surface area contributed by atoms with Crippen molar-refractivity contribution >= 4 is 23.3 Å². The molecule has 0 aromatic heterocycles. The summed E-state index contributed by atoms with van der Waals surface area (Å²) in [5.41, 5.74) is 1.05. The number of nitrogens with zero attached hydrogens (tertiary/aromatic N) is 3. The van der Waals surface area contributed by atoms with E-state index >= 15 is 0 Å². The first-order valence-electron chi connectivity index (χ1n) is 7.20. The molecular formula is C15H13ClF3N3O2. The topological polar surface area (TPSA) is 68.8 Å². The minimum absolute atomic E-state index is 0.192. The Morgan fingerprint density at radius 3 is 2.79 bits per heavy atom. The summed E-state index contributed by atoms with van der Waals surface area (Å²) in [6, 6.07) is 3.48. The lowest BCUT2D eigenvalue weighted by atomic mass is 10.1. The molecule has 0 radical (unpaired) electrons. The Morgan fingerprint density at radius 1 is 1.46 bits per heavy atom. The third-order valence-corrected chi connectivity index (χ3v) is 4.71. The van der Waals surface area contributed by atoms with Crippen molar-refractivity contribution in [1.29, 1.82) is 5.26 Å². The highest BCUT2D eigenvalue weighted by Crippen LogP contribution is 2.39. The maximum atomic E-state index is 13.2. The first-order valence-corrected chi connectivity index (χ1v) is 7.58. The van der Waals surface area contributed by atoms with Crippen LogP contribution in [0.4, 0.5) is 18.9 Å². The number of alkyl halides is 3. The van der Waals surface area contributed by atoms with E-state index in [0.29, 0.717) is 11.3 Å². The second-order valence-corrected chi connectivity index (χ2v) is 6.08. The number of aliphatic hydroxyl groups is 1. The molecule has 0 unspecified atom stereocenters. The molecule has 2 aliphatic heterocycles. The molecule has 2 aliphatic rings. The quantitative estimate of drug-likeness (QED) is 0.837. The SMILES string of the molecule is Cc1c(/N=C2\O[C@H](C(F)(F)F)[C@@H]3[C@H](O)CCN23)ccc(C#N)c1Cl. The standard InChI is InChI=1S/C15H13ClF3N3O2/c1-7-9(3-2-8(6-20)11(7)16)21-14-22-5-4-10(23)12(22)13(24-14)15(17,18)19/h2-3,10,12-13,23H,4-5H2,1H3/b21-14-/t10-,12+,13+/m1/s1. The van der Waals surface area contributed by atoms with Gasteiger partial charge in [-0.2, -0.15) is 23.4 Å². The van der Waals surface area contributed by atoms with Crippen molar-refractivity contribution in [2.45, 2.75) is 37.8 Å². The Morgan fingerprint density at radius 2 is 2.17 bits per heavy atom. The largest absolute Gasteiger partial charge is 0.450 e. The summed E-state index contributed by atoms with van der Waals surface area (Å²) >= 11 is 6.05. The van der Waals surface area contributed by atoms with E-state index in [-0.39, 0.29) is 29.6 Å². The average Bonchev–Trinajstić information content (AvgIpc) is 3.06. The van der Waals surface area contributed by atoms with Gasteiger partial charge in [-0.3, -0.25) is 0 Å². The highest BCUT2D eigenvalue weighted by Gasteiger charge is 2.59. The molecule has 1 aromatic rings. The first-order chi connectivity index (χ1) is 11.2. The van der Waals surface area contributed by atoms with Gasteiger partial charge in [0.1, 0.15) is 12.1 Å². The fourth-order valence-electron chi connectivity index (χ4n) is 2.97. The predicted octanol–water partition coefficient (Wildman–Crippen LogP) is 2.90. The lowest BCUT2D eigenvalue weighted by molar-refractivity contribution is -0.203. The van der Waals surface area contributed by atoms with Crippen LogP contribution in [0.25, 0.3) is 0 Å². The summed E-state index contributed by atoms with van der Waals surface area (Å²) in [6.45, 7) is 1.84. The van der Waals surface area contributed by atoms with Crippen LogP contribution in [0.2, 0.25) is 5.02 Å². The number of hydrogen-bond acceptors (Lipinski definition) is 4. The summed E-state index contributed by atoms with van der Waals surface area (Å²) in [5, 5.41) is 19.0. The maximum Gasteiger partial charge on any atom is 0.427 e. The van der Waals surface area contributed by atoms with Gasteiger partial charge >= 0.3 is 6.18 Å². The number of aliphatic imine (C=N–C) groups is 1. The van der Waals surface area contributed by atoms with Crippen molar-refractivity contribution < 1.29 is 23.0 Å². The number of aliphatic hydroxyl groups excluding tert-OH is 1. The van der Waals surface area contributed by atoms with Crippen molar-refractivity contribution in [1.82, 2.24) is 4.90 Å². The second kappa shape index (κ2) is 5.83. The zero-order valence-corrected chi connectivity index (χ0v) is 13.3. The van der Waals surface area contributed by atoms with Crippen molar-refractivity contribution in [3.8, 4) is 6.07 Å². The van der Waals surface area contributed by atoms with E-state index in [1.807, 2.05) is 6.07 Å². The summed E-state index contributed by atoms with van der Waals surface area (Å²) in [4.78, 5) is 5.48. The zero-order valence-electron chi connectivity index (χ0n) is 12.5. The van der Waals surface area contributed by atoms with Gasteiger partial charge in [0.05, 0.1) is 22.4 Å². The third-order valence-electron chi connectivity index (χ3n) is 4.23. The van der Waals surface area contributed by atoms with E-state index in [1.54, 1.807) is 6.92 Å². The van der Waals surface area contributed by atoms with Crippen molar-refractivity contribution in [3.63, 3.8) is 0 Å². The summed E-state index contributed by atoms with van der Waals surface area (Å²) in [5.74, 6) is 0. The molecule has 3 atom stereocenters. The number of amidine groups is 1. The van der Waals surface area contributed by atoms with E-state index in [1.165, 1.54) is 17.0 Å². The summed E-state index contributed by atoms with van der Waals surface area (Å²) in [6.07, 6.45) is -7.65. The number of nitriles is 1. The fourth-order valence-corrected chi connectivity index (χ4v) is 3.18. The van der Waals surface area contributed by atoms with Crippen molar-refractivity contribution in [3.05, 3.63) is 28.3 Å². The van der Waals surface area contributed by atoms with Gasteiger partial charge in [0, 0.05) is 6.54 Å². The third kappa shape index (κ3) is 2.68. The van der Waals surface area contributed by atoms with Crippen LogP contribution >= 0.6 is 11.6 Å². The number of benzene rings is 1. The van der Waals surface area contributed by atoms with Gasteiger partial charge in [-0.25, -0.2) is 0 Å². The normalized spacial score (nSPS) is 28.0. The van der Waals surface area contributed by atoms with Crippen LogP contribution in [-0.2, 0) is 4.74 Å². The molecule has 1 N–H and O–H groups in total. The lowest BCUT2D eigenvalue weighted by Crippen LogP contribution is -2.45. The number of fused-ring (bicyclic) bond motifs is 1. The lowest BCUT2D eigenvalue weighted by Gasteiger charge is -2.21. The van der Waals surface area contributed by atoms with Crippen molar-refractivity contribution in [2.24, 2.45) is 4.99 Å². The highest BCUT2D eigenvalue weighted by molar-refractivity contribution is 6.32. The molecule has 5 nitrogen and oxygen atoms in total. The van der Waals surface area contributed by atoms with Gasteiger partial charge in [-0.1, -0.05) is 11.6 Å². The zero-order chi connectivity index (χ0) is 17.6. The van der Waals surface area contributed by atoms with Crippen molar-refractivity contribution in [2.75, 3.05) is 6.54 Å². The minimum Gasteiger partial charge on any atom is -0.450 e. The van der Waals surface area contributed by atoms with Crippen LogP contribution < -0.4 is 0 Å². The van der Waals surface area contributed by atoms with Crippen LogP contribution in [0.15, 0.2) is 17.1 Å². The monoisotopic (exact) mass is 359 g/mol. The van der Waals surface area contributed by atoms with Gasteiger partial charge in [0.25, 0.3) is 6.02 Å². The Labute approximate surface area is 140 Å². The minimum atomic E-state index is -4.61. The van der Waals surface area contributed by atoms with Gasteiger partial charge < -0.3 is 14.7 Å². The molecule has 0 amide bonds. The van der Waals surface area contributed by atoms with Crippen LogP contribution in [-0.4, -0.2) is 47.0 Å². The molecule has 0 spiro atoms. The molecule has 2 saturated heterocycles. The Balaban J connectivity index is 2.00. The second-order valence-electron chi connectivity index (χ2n) is 5.70. The molecule has 2 heterocycles. The van der Waals surface area contributed by atoms with Crippen LogP contribution in [0, 0.1) is 18.3 Å². The molecule has 3 rings (SSSR count). The van der Waals surface area contributed by atoms with Gasteiger partial charge in [0.2, 0.25) is 6.10 Å². The number of ether oxygens (including phenoxy) is 1. The summed E-state index contributed by atoms with van der Waals surface area (Å²) < 4.78 is 44.5. The molecule has 2 fully saturated rings. The van der Waals surface area contributed by atoms with E-state index in [9.17, 15) is 18.3 Å². The molecule has 0 saturated carbocycles. The molecule has 128 valence electrons. The Bertz CT molecular complexity index is 745. The first kappa shape index (κ1) is 16.9. The Kier molecular flexibility index (Phi) is 4.10. The highest BCUT2D eigenvalue weighted by atomic mass is 35.5. The van der Waals surface area contributed by atoms with Crippen LogP contribution in [0.1, 0.15) is 17.5 Å². The molecule has 9 heteroatoms. The fraction of sp³-hybridized carbons (Fsp3) is 0.467. The number of hydrogen-bond donors (Lipinski definition) is 1.